The number of hydrogen-bond acceptors (Lipinski definition) is 4. The highest BCUT2D eigenvalue weighted by molar-refractivity contribution is 8.00. The number of Topliss-reactive ketones (excluding diaryl/α,β-unsaturated/α-hetero) is 1. The molecule has 0 aliphatic carbocycles. The molecular formula is C15H20O3S. The molecule has 0 N–H and O–H groups in total. The molecule has 0 aromatic heterocycles. The van der Waals surface area contributed by atoms with Gasteiger partial charge in [0.1, 0.15) is 0 Å². The predicted octanol–water partition coefficient (Wildman–Crippen LogP) is 3.29. The fraction of sp³-hybridized carbons (Fsp3) is 0.467. The molecule has 0 heterocycles. The molecule has 0 bridgehead atoms. The van der Waals surface area contributed by atoms with E-state index in [1.54, 1.807) is 6.92 Å². The number of carbonyl (C=O) groups excluding carboxylic acids is 2. The fourth-order valence-electron chi connectivity index (χ4n) is 1.57. The normalized spacial score (nSPS) is 10.5. The maximum absolute atomic E-state index is 11.9. The van der Waals surface area contributed by atoms with Crippen LogP contribution < -0.4 is 0 Å². The number of esters is 1. The van der Waals surface area contributed by atoms with Gasteiger partial charge >= 0.3 is 5.97 Å². The molecule has 0 atom stereocenters. The molecule has 1 aromatic carbocycles. The molecule has 0 spiro atoms. The highest BCUT2D eigenvalue weighted by atomic mass is 32.2. The third kappa shape index (κ3) is 5.47. The van der Waals surface area contributed by atoms with E-state index in [9.17, 15) is 9.59 Å². The Kier molecular flexibility index (Phi) is 6.64. The summed E-state index contributed by atoms with van der Waals surface area (Å²) in [4.78, 5) is 23.0. The Balaban J connectivity index is 2.43. The Morgan fingerprint density at radius 3 is 2.32 bits per heavy atom. The Morgan fingerprint density at radius 1 is 1.16 bits per heavy atom. The molecule has 1 aromatic rings. The second-order valence-corrected chi connectivity index (χ2v) is 5.48. The van der Waals surface area contributed by atoms with E-state index in [4.69, 9.17) is 4.74 Å². The van der Waals surface area contributed by atoms with Gasteiger partial charge in [0.15, 0.2) is 5.78 Å². The van der Waals surface area contributed by atoms with Crippen LogP contribution in [0.2, 0.25) is 0 Å². The average Bonchev–Trinajstić information content (AvgIpc) is 2.39. The van der Waals surface area contributed by atoms with Crippen LogP contribution in [0.4, 0.5) is 0 Å². The molecule has 1 rings (SSSR count). The lowest BCUT2D eigenvalue weighted by Crippen LogP contribution is -2.10. The fourth-order valence-corrected chi connectivity index (χ4v) is 2.27. The standard InChI is InChI=1S/C15H20O3S/c1-4-18-15(17)10-19-9-14(16)13-7-5-12(6-8-13)11(2)3/h5-8,11H,4,9-10H2,1-3H3. The molecule has 0 amide bonds. The van der Waals surface area contributed by atoms with Crippen LogP contribution >= 0.6 is 11.8 Å². The minimum absolute atomic E-state index is 0.0459. The van der Waals surface area contributed by atoms with Gasteiger partial charge in [-0.15, -0.1) is 11.8 Å². The Bertz CT molecular complexity index is 424. The number of hydrogen-bond donors (Lipinski definition) is 0. The van der Waals surface area contributed by atoms with Gasteiger partial charge in [0, 0.05) is 5.56 Å². The Morgan fingerprint density at radius 2 is 1.79 bits per heavy atom. The molecule has 0 saturated heterocycles. The summed E-state index contributed by atoms with van der Waals surface area (Å²) in [5, 5.41) is 0. The topological polar surface area (TPSA) is 43.4 Å². The summed E-state index contributed by atoms with van der Waals surface area (Å²) in [6.45, 7) is 6.38. The lowest BCUT2D eigenvalue weighted by atomic mass is 10.0. The first-order valence-corrected chi connectivity index (χ1v) is 7.56. The number of rotatable bonds is 7. The summed E-state index contributed by atoms with van der Waals surface area (Å²) in [7, 11) is 0. The minimum atomic E-state index is -0.268. The van der Waals surface area contributed by atoms with Crippen LogP contribution in [0.5, 0.6) is 0 Å². The van der Waals surface area contributed by atoms with E-state index >= 15 is 0 Å². The predicted molar refractivity (Wildman–Crippen MR) is 78.8 cm³/mol. The number of ether oxygens (including phenoxy) is 1. The van der Waals surface area contributed by atoms with Crippen LogP contribution in [0.15, 0.2) is 24.3 Å². The van der Waals surface area contributed by atoms with Crippen LogP contribution in [-0.4, -0.2) is 29.9 Å². The van der Waals surface area contributed by atoms with Gasteiger partial charge in [-0.1, -0.05) is 38.1 Å². The number of ketones is 1. The van der Waals surface area contributed by atoms with E-state index in [1.165, 1.54) is 17.3 Å². The van der Waals surface area contributed by atoms with Crippen molar-refractivity contribution in [1.29, 1.82) is 0 Å². The summed E-state index contributed by atoms with van der Waals surface area (Å²) >= 11 is 1.29. The van der Waals surface area contributed by atoms with Crippen molar-refractivity contribution in [3.63, 3.8) is 0 Å². The molecule has 0 fully saturated rings. The number of benzene rings is 1. The quantitative estimate of drug-likeness (QED) is 0.568. The SMILES string of the molecule is CCOC(=O)CSCC(=O)c1ccc(C(C)C)cc1. The van der Waals surface area contributed by atoms with Crippen molar-refractivity contribution in [2.75, 3.05) is 18.1 Å². The lowest BCUT2D eigenvalue weighted by molar-refractivity contribution is -0.139. The van der Waals surface area contributed by atoms with Gasteiger partial charge in [-0.05, 0) is 18.4 Å². The van der Waals surface area contributed by atoms with Crippen LogP contribution in [0.3, 0.4) is 0 Å². The van der Waals surface area contributed by atoms with Gasteiger partial charge in [-0.25, -0.2) is 0 Å². The van der Waals surface area contributed by atoms with Crippen molar-refractivity contribution in [2.45, 2.75) is 26.7 Å². The maximum atomic E-state index is 11.9. The highest BCUT2D eigenvalue weighted by Gasteiger charge is 2.09. The zero-order valence-electron chi connectivity index (χ0n) is 11.6. The van der Waals surface area contributed by atoms with Gasteiger partial charge in [-0.3, -0.25) is 9.59 Å². The van der Waals surface area contributed by atoms with Crippen molar-refractivity contribution in [3.8, 4) is 0 Å². The molecule has 0 aliphatic rings. The average molecular weight is 280 g/mol. The van der Waals surface area contributed by atoms with E-state index in [0.717, 1.165) is 0 Å². The van der Waals surface area contributed by atoms with E-state index in [1.807, 2.05) is 24.3 Å². The summed E-state index contributed by atoms with van der Waals surface area (Å²) in [5.74, 6) is 0.770. The van der Waals surface area contributed by atoms with Crippen LogP contribution in [-0.2, 0) is 9.53 Å². The van der Waals surface area contributed by atoms with Gasteiger partial charge in [0.2, 0.25) is 0 Å². The molecule has 3 nitrogen and oxygen atoms in total. The van der Waals surface area contributed by atoms with Crippen molar-refractivity contribution in [3.05, 3.63) is 35.4 Å². The van der Waals surface area contributed by atoms with E-state index in [0.29, 0.717) is 23.8 Å². The van der Waals surface area contributed by atoms with Crippen LogP contribution in [0, 0.1) is 0 Å². The third-order valence-electron chi connectivity index (χ3n) is 2.66. The molecule has 0 aliphatic heterocycles. The minimum Gasteiger partial charge on any atom is -0.465 e. The summed E-state index contributed by atoms with van der Waals surface area (Å²) < 4.78 is 4.80. The zero-order chi connectivity index (χ0) is 14.3. The molecule has 104 valence electrons. The second kappa shape index (κ2) is 8.00. The van der Waals surface area contributed by atoms with Gasteiger partial charge in [0.25, 0.3) is 0 Å². The van der Waals surface area contributed by atoms with Crippen molar-refractivity contribution < 1.29 is 14.3 Å². The van der Waals surface area contributed by atoms with Gasteiger partial charge < -0.3 is 4.74 Å². The molecule has 0 saturated carbocycles. The van der Waals surface area contributed by atoms with Gasteiger partial charge in [-0.2, -0.15) is 0 Å². The van der Waals surface area contributed by atoms with Crippen molar-refractivity contribution in [2.24, 2.45) is 0 Å². The monoisotopic (exact) mass is 280 g/mol. The maximum Gasteiger partial charge on any atom is 0.315 e. The van der Waals surface area contributed by atoms with E-state index < -0.39 is 0 Å². The first-order chi connectivity index (χ1) is 9.04. The summed E-state index contributed by atoms with van der Waals surface area (Å²) in [6.07, 6.45) is 0. The lowest BCUT2D eigenvalue weighted by Gasteiger charge is -2.06. The highest BCUT2D eigenvalue weighted by Crippen LogP contribution is 2.16. The van der Waals surface area contributed by atoms with E-state index in [2.05, 4.69) is 13.8 Å². The second-order valence-electron chi connectivity index (χ2n) is 4.50. The molecule has 0 radical (unpaired) electrons. The van der Waals surface area contributed by atoms with Crippen LogP contribution in [0.25, 0.3) is 0 Å². The third-order valence-corrected chi connectivity index (χ3v) is 3.56. The van der Waals surface area contributed by atoms with E-state index in [-0.39, 0.29) is 17.5 Å². The number of thioether (sulfide) groups is 1. The largest absolute Gasteiger partial charge is 0.465 e. The van der Waals surface area contributed by atoms with Gasteiger partial charge in [0.05, 0.1) is 18.1 Å². The Hall–Kier alpha value is -1.29. The Labute approximate surface area is 118 Å². The molecular weight excluding hydrogens is 260 g/mol. The summed E-state index contributed by atoms with van der Waals surface area (Å²) in [6, 6.07) is 7.66. The zero-order valence-corrected chi connectivity index (χ0v) is 12.5. The summed E-state index contributed by atoms with van der Waals surface area (Å²) in [5.41, 5.74) is 1.91. The smallest absolute Gasteiger partial charge is 0.315 e. The molecule has 4 heteroatoms. The molecule has 19 heavy (non-hydrogen) atoms. The first-order valence-electron chi connectivity index (χ1n) is 6.41. The van der Waals surface area contributed by atoms with Crippen molar-refractivity contribution in [1.82, 2.24) is 0 Å². The first kappa shape index (κ1) is 15.8. The van der Waals surface area contributed by atoms with Crippen molar-refractivity contribution >= 4 is 23.5 Å². The molecule has 0 unspecified atom stereocenters. The van der Waals surface area contributed by atoms with Crippen LogP contribution in [0.1, 0.15) is 42.6 Å². The number of carbonyl (C=O) groups is 2.